The van der Waals surface area contributed by atoms with Crippen molar-refractivity contribution in [2.75, 3.05) is 13.6 Å². The Hall–Kier alpha value is -0.860. The van der Waals surface area contributed by atoms with Gasteiger partial charge < -0.3 is 4.90 Å². The van der Waals surface area contributed by atoms with E-state index in [0.29, 0.717) is 24.0 Å². The summed E-state index contributed by atoms with van der Waals surface area (Å²) in [5.41, 5.74) is 0. The lowest BCUT2D eigenvalue weighted by Gasteiger charge is -2.19. The number of hydrogen-bond acceptors (Lipinski definition) is 2. The third kappa shape index (κ3) is 15.1. The van der Waals surface area contributed by atoms with Crippen molar-refractivity contribution in [3.63, 3.8) is 0 Å². The van der Waals surface area contributed by atoms with Crippen molar-refractivity contribution in [2.45, 2.75) is 105 Å². The van der Waals surface area contributed by atoms with Crippen molar-refractivity contribution in [3.8, 4) is 0 Å². The van der Waals surface area contributed by atoms with Crippen LogP contribution < -0.4 is 0 Å². The predicted molar refractivity (Wildman–Crippen MR) is 108 cm³/mol. The van der Waals surface area contributed by atoms with Crippen LogP contribution in [-0.4, -0.2) is 30.2 Å². The second-order valence-corrected chi connectivity index (χ2v) is 8.32. The Morgan fingerprint density at radius 1 is 0.680 bits per heavy atom. The number of rotatable bonds is 16. The Morgan fingerprint density at radius 2 is 1.08 bits per heavy atom. The minimum atomic E-state index is 0.200. The highest BCUT2D eigenvalue weighted by Crippen LogP contribution is 2.13. The Labute approximate surface area is 156 Å². The molecule has 0 unspecified atom stereocenters. The van der Waals surface area contributed by atoms with Gasteiger partial charge in [0.15, 0.2) is 0 Å². The second-order valence-electron chi connectivity index (χ2n) is 8.32. The van der Waals surface area contributed by atoms with E-state index < -0.39 is 0 Å². The number of carbonyl (C=O) groups excluding carboxylic acids is 2. The van der Waals surface area contributed by atoms with E-state index in [-0.39, 0.29) is 5.92 Å². The molecule has 0 aromatic heterocycles. The fourth-order valence-electron chi connectivity index (χ4n) is 3.12. The molecule has 0 bridgehead atoms. The Morgan fingerprint density at radius 3 is 1.48 bits per heavy atom. The van der Waals surface area contributed by atoms with Gasteiger partial charge in [0.2, 0.25) is 5.91 Å². The maximum Gasteiger partial charge on any atom is 0.222 e. The molecule has 0 radical (unpaired) electrons. The Bertz CT molecular complexity index is 350. The fraction of sp³-hybridized carbons (Fsp3) is 0.909. The monoisotopic (exact) mass is 353 g/mol. The third-order valence-electron chi connectivity index (χ3n) is 4.77. The maximum atomic E-state index is 11.9. The highest BCUT2D eigenvalue weighted by atomic mass is 16.2. The van der Waals surface area contributed by atoms with Gasteiger partial charge in [-0.2, -0.15) is 0 Å². The van der Waals surface area contributed by atoms with Crippen molar-refractivity contribution < 1.29 is 9.59 Å². The van der Waals surface area contributed by atoms with Gasteiger partial charge in [-0.1, -0.05) is 79.1 Å². The molecule has 0 rings (SSSR count). The SMILES string of the molecule is CC(C)CN(C)C(=O)CCCCCCCCCCCCC(=O)C(C)C. The molecule has 0 spiro atoms. The van der Waals surface area contributed by atoms with E-state index in [1.54, 1.807) is 0 Å². The maximum absolute atomic E-state index is 11.9. The zero-order valence-electron chi connectivity index (χ0n) is 17.6. The van der Waals surface area contributed by atoms with Crippen molar-refractivity contribution in [1.29, 1.82) is 0 Å². The molecule has 0 atom stereocenters. The summed E-state index contributed by atoms with van der Waals surface area (Å²) in [6, 6.07) is 0. The molecule has 148 valence electrons. The largest absolute Gasteiger partial charge is 0.346 e. The Balaban J connectivity index is 3.31. The minimum Gasteiger partial charge on any atom is -0.346 e. The lowest BCUT2D eigenvalue weighted by molar-refractivity contribution is -0.130. The van der Waals surface area contributed by atoms with Crippen LogP contribution in [0.15, 0.2) is 0 Å². The zero-order valence-corrected chi connectivity index (χ0v) is 17.6. The van der Waals surface area contributed by atoms with Gasteiger partial charge >= 0.3 is 0 Å². The van der Waals surface area contributed by atoms with Crippen LogP contribution in [0.2, 0.25) is 0 Å². The van der Waals surface area contributed by atoms with Gasteiger partial charge in [-0.25, -0.2) is 0 Å². The topological polar surface area (TPSA) is 37.4 Å². The number of carbonyl (C=O) groups is 2. The van der Waals surface area contributed by atoms with Crippen LogP contribution in [0.1, 0.15) is 105 Å². The molecule has 0 heterocycles. The van der Waals surface area contributed by atoms with Gasteiger partial charge in [-0.05, 0) is 18.8 Å². The molecule has 0 aromatic rings. The lowest BCUT2D eigenvalue weighted by Crippen LogP contribution is -2.29. The molecule has 0 aromatic carbocycles. The molecule has 25 heavy (non-hydrogen) atoms. The van der Waals surface area contributed by atoms with Gasteiger partial charge in [-0.15, -0.1) is 0 Å². The summed E-state index contributed by atoms with van der Waals surface area (Å²) in [4.78, 5) is 25.3. The number of amides is 1. The molecular weight excluding hydrogens is 310 g/mol. The van der Waals surface area contributed by atoms with E-state index in [4.69, 9.17) is 0 Å². The standard InChI is InChI=1S/C22H43NO2/c1-19(2)18-23(5)22(25)17-15-13-11-9-7-6-8-10-12-14-16-21(24)20(3)4/h19-20H,6-18H2,1-5H3. The lowest BCUT2D eigenvalue weighted by atomic mass is 10.0. The van der Waals surface area contributed by atoms with Gasteiger partial charge in [0, 0.05) is 32.4 Å². The van der Waals surface area contributed by atoms with Crippen LogP contribution in [0.3, 0.4) is 0 Å². The van der Waals surface area contributed by atoms with Crippen LogP contribution >= 0.6 is 0 Å². The molecular formula is C22H43NO2. The van der Waals surface area contributed by atoms with E-state index in [0.717, 1.165) is 25.8 Å². The molecule has 1 amide bonds. The number of hydrogen-bond donors (Lipinski definition) is 0. The van der Waals surface area contributed by atoms with Crippen LogP contribution in [0.4, 0.5) is 0 Å². The number of nitrogens with zero attached hydrogens (tertiary/aromatic N) is 1. The normalized spacial score (nSPS) is 11.3. The highest BCUT2D eigenvalue weighted by Gasteiger charge is 2.09. The summed E-state index contributed by atoms with van der Waals surface area (Å²) in [5.74, 6) is 1.45. The van der Waals surface area contributed by atoms with E-state index in [1.165, 1.54) is 51.4 Å². The summed E-state index contributed by atoms with van der Waals surface area (Å²) in [6.45, 7) is 9.14. The highest BCUT2D eigenvalue weighted by molar-refractivity contribution is 5.80. The summed E-state index contributed by atoms with van der Waals surface area (Å²) in [7, 11) is 1.92. The average molecular weight is 354 g/mol. The van der Waals surface area contributed by atoms with E-state index >= 15 is 0 Å². The molecule has 0 fully saturated rings. The van der Waals surface area contributed by atoms with Gasteiger partial charge in [0.1, 0.15) is 5.78 Å². The fourth-order valence-corrected chi connectivity index (χ4v) is 3.12. The van der Waals surface area contributed by atoms with E-state index in [2.05, 4.69) is 13.8 Å². The summed E-state index contributed by atoms with van der Waals surface area (Å²) >= 11 is 0. The number of Topliss-reactive ketones (excluding diaryl/α,β-unsaturated/α-hetero) is 1. The van der Waals surface area contributed by atoms with Crippen LogP contribution in [0, 0.1) is 11.8 Å². The first-order chi connectivity index (χ1) is 11.8. The first-order valence-electron chi connectivity index (χ1n) is 10.6. The Kier molecular flexibility index (Phi) is 14.9. The van der Waals surface area contributed by atoms with Gasteiger partial charge in [0.25, 0.3) is 0 Å². The summed E-state index contributed by atoms with van der Waals surface area (Å²) < 4.78 is 0. The molecule has 0 saturated carbocycles. The first kappa shape index (κ1) is 24.1. The van der Waals surface area contributed by atoms with Crippen LogP contribution in [0.25, 0.3) is 0 Å². The molecule has 0 saturated heterocycles. The quantitative estimate of drug-likeness (QED) is 0.319. The molecule has 0 aliphatic heterocycles. The summed E-state index contributed by atoms with van der Waals surface area (Å²) in [6.07, 6.45) is 13.7. The van der Waals surface area contributed by atoms with E-state index in [9.17, 15) is 9.59 Å². The third-order valence-corrected chi connectivity index (χ3v) is 4.77. The van der Waals surface area contributed by atoms with Crippen molar-refractivity contribution in [3.05, 3.63) is 0 Å². The molecule has 0 aliphatic rings. The summed E-state index contributed by atoms with van der Waals surface area (Å²) in [5, 5.41) is 0. The molecule has 0 N–H and O–H groups in total. The van der Waals surface area contributed by atoms with Crippen molar-refractivity contribution in [1.82, 2.24) is 4.90 Å². The number of ketones is 1. The van der Waals surface area contributed by atoms with Crippen LogP contribution in [0.5, 0.6) is 0 Å². The van der Waals surface area contributed by atoms with Gasteiger partial charge in [0.05, 0.1) is 0 Å². The second kappa shape index (κ2) is 15.4. The minimum absolute atomic E-state index is 0.200. The zero-order chi connectivity index (χ0) is 19.1. The van der Waals surface area contributed by atoms with Crippen molar-refractivity contribution in [2.24, 2.45) is 11.8 Å². The molecule has 3 heteroatoms. The predicted octanol–water partition coefficient (Wildman–Crippen LogP) is 6.01. The van der Waals surface area contributed by atoms with Crippen molar-refractivity contribution >= 4 is 11.7 Å². The molecule has 0 aliphatic carbocycles. The average Bonchev–Trinajstić information content (AvgIpc) is 2.54. The van der Waals surface area contributed by atoms with E-state index in [1.807, 2.05) is 25.8 Å². The van der Waals surface area contributed by atoms with Crippen LogP contribution in [-0.2, 0) is 9.59 Å². The molecule has 3 nitrogen and oxygen atoms in total. The number of unbranched alkanes of at least 4 members (excludes halogenated alkanes) is 9. The first-order valence-corrected chi connectivity index (χ1v) is 10.6. The van der Waals surface area contributed by atoms with Gasteiger partial charge in [-0.3, -0.25) is 9.59 Å². The smallest absolute Gasteiger partial charge is 0.222 e.